The van der Waals surface area contributed by atoms with E-state index in [2.05, 4.69) is 13.8 Å². The second-order valence-corrected chi connectivity index (χ2v) is 5.73. The summed E-state index contributed by atoms with van der Waals surface area (Å²) >= 11 is 0. The van der Waals surface area contributed by atoms with Gasteiger partial charge in [-0.25, -0.2) is 0 Å². The van der Waals surface area contributed by atoms with Crippen molar-refractivity contribution < 1.29 is 14.3 Å². The van der Waals surface area contributed by atoms with E-state index in [9.17, 15) is 9.59 Å². The minimum absolute atomic E-state index is 0.0762. The van der Waals surface area contributed by atoms with Gasteiger partial charge in [0.2, 0.25) is 5.91 Å². The van der Waals surface area contributed by atoms with Crippen molar-refractivity contribution >= 4 is 11.9 Å². The average molecular weight is 255 g/mol. The number of carbonyl (C=O) groups excluding carboxylic acids is 2. The predicted octanol–water partition coefficient (Wildman–Crippen LogP) is 2.37. The first kappa shape index (κ1) is 15.0. The molecule has 18 heavy (non-hydrogen) atoms. The molecule has 0 spiro atoms. The van der Waals surface area contributed by atoms with Crippen LogP contribution in [0.5, 0.6) is 0 Å². The molecule has 1 rings (SSSR count). The highest BCUT2D eigenvalue weighted by Gasteiger charge is 2.32. The Labute approximate surface area is 110 Å². The summed E-state index contributed by atoms with van der Waals surface area (Å²) in [7, 11) is 0. The molecule has 1 aliphatic heterocycles. The first-order valence-corrected chi connectivity index (χ1v) is 6.82. The lowest BCUT2D eigenvalue weighted by molar-refractivity contribution is -0.153. The number of hydrogen-bond donors (Lipinski definition) is 0. The molecule has 1 aliphatic rings. The Morgan fingerprint density at radius 1 is 1.50 bits per heavy atom. The molecule has 0 radical (unpaired) electrons. The van der Waals surface area contributed by atoms with E-state index >= 15 is 0 Å². The van der Waals surface area contributed by atoms with Crippen LogP contribution >= 0.6 is 0 Å². The van der Waals surface area contributed by atoms with Gasteiger partial charge in [0.15, 0.2) is 0 Å². The Kier molecular flexibility index (Phi) is 5.17. The molecule has 0 aromatic heterocycles. The van der Waals surface area contributed by atoms with Gasteiger partial charge in [0.05, 0.1) is 0 Å². The molecule has 1 saturated heterocycles. The highest BCUT2D eigenvalue weighted by Crippen LogP contribution is 2.30. The molecule has 4 heteroatoms. The van der Waals surface area contributed by atoms with Gasteiger partial charge in [-0.2, -0.15) is 0 Å². The topological polar surface area (TPSA) is 46.6 Å². The number of hydrogen-bond acceptors (Lipinski definition) is 3. The molecular formula is C14H25NO3. The quantitative estimate of drug-likeness (QED) is 0.684. The number of nitrogens with zero attached hydrogens (tertiary/aromatic N) is 1. The van der Waals surface area contributed by atoms with Crippen LogP contribution in [-0.2, 0) is 14.3 Å². The van der Waals surface area contributed by atoms with Gasteiger partial charge in [0.25, 0.3) is 0 Å². The SMILES string of the molecule is CCC(OC(C)=O)C(C)(C)CCN1CCCC1=O. The number of likely N-dealkylation sites (tertiary alicyclic amines) is 1. The normalized spacial score (nSPS) is 18.0. The average Bonchev–Trinajstić information content (AvgIpc) is 2.68. The monoisotopic (exact) mass is 255 g/mol. The fourth-order valence-corrected chi connectivity index (χ4v) is 2.52. The summed E-state index contributed by atoms with van der Waals surface area (Å²) in [6.45, 7) is 9.32. The highest BCUT2D eigenvalue weighted by atomic mass is 16.5. The van der Waals surface area contributed by atoms with Crippen LogP contribution in [0.15, 0.2) is 0 Å². The second kappa shape index (κ2) is 6.21. The lowest BCUT2D eigenvalue weighted by atomic mass is 9.81. The van der Waals surface area contributed by atoms with Crippen LogP contribution < -0.4 is 0 Å². The van der Waals surface area contributed by atoms with Crippen LogP contribution in [0, 0.1) is 5.41 Å². The molecule has 0 aromatic rings. The zero-order valence-electron chi connectivity index (χ0n) is 12.0. The first-order valence-electron chi connectivity index (χ1n) is 6.82. The number of esters is 1. The Hall–Kier alpha value is -1.06. The summed E-state index contributed by atoms with van der Waals surface area (Å²) in [6, 6.07) is 0. The summed E-state index contributed by atoms with van der Waals surface area (Å²) in [4.78, 5) is 24.6. The molecule has 1 heterocycles. The van der Waals surface area contributed by atoms with E-state index in [1.165, 1.54) is 6.92 Å². The van der Waals surface area contributed by atoms with E-state index < -0.39 is 0 Å². The minimum Gasteiger partial charge on any atom is -0.462 e. The largest absolute Gasteiger partial charge is 0.462 e. The lowest BCUT2D eigenvalue weighted by Gasteiger charge is -2.34. The lowest BCUT2D eigenvalue weighted by Crippen LogP contribution is -2.37. The maximum absolute atomic E-state index is 11.5. The standard InChI is InChI=1S/C14H25NO3/c1-5-12(18-11(2)16)14(3,4)8-10-15-9-6-7-13(15)17/h12H,5-10H2,1-4H3. The van der Waals surface area contributed by atoms with E-state index in [1.54, 1.807) is 0 Å². The van der Waals surface area contributed by atoms with Crippen LogP contribution in [0.2, 0.25) is 0 Å². The van der Waals surface area contributed by atoms with Gasteiger partial charge in [0, 0.05) is 31.8 Å². The van der Waals surface area contributed by atoms with Crippen LogP contribution in [-0.4, -0.2) is 36.0 Å². The minimum atomic E-state index is -0.229. The van der Waals surface area contributed by atoms with Crippen LogP contribution in [0.4, 0.5) is 0 Å². The molecule has 0 aliphatic carbocycles. The van der Waals surface area contributed by atoms with E-state index in [4.69, 9.17) is 4.74 Å². The van der Waals surface area contributed by atoms with Crippen molar-refractivity contribution in [3.05, 3.63) is 0 Å². The van der Waals surface area contributed by atoms with Crippen molar-refractivity contribution in [1.82, 2.24) is 4.90 Å². The van der Waals surface area contributed by atoms with Gasteiger partial charge >= 0.3 is 5.97 Å². The van der Waals surface area contributed by atoms with Crippen molar-refractivity contribution in [2.75, 3.05) is 13.1 Å². The molecular weight excluding hydrogens is 230 g/mol. The molecule has 0 bridgehead atoms. The van der Waals surface area contributed by atoms with Crippen LogP contribution in [0.25, 0.3) is 0 Å². The maximum Gasteiger partial charge on any atom is 0.302 e. The zero-order chi connectivity index (χ0) is 13.8. The number of ether oxygens (including phenoxy) is 1. The Morgan fingerprint density at radius 2 is 2.17 bits per heavy atom. The number of rotatable bonds is 6. The number of carbonyl (C=O) groups is 2. The van der Waals surface area contributed by atoms with Crippen LogP contribution in [0.3, 0.4) is 0 Å². The van der Waals surface area contributed by atoms with Crippen molar-refractivity contribution in [2.45, 2.75) is 59.5 Å². The van der Waals surface area contributed by atoms with E-state index in [0.29, 0.717) is 6.42 Å². The molecule has 0 N–H and O–H groups in total. The molecule has 104 valence electrons. The van der Waals surface area contributed by atoms with Crippen molar-refractivity contribution in [3.8, 4) is 0 Å². The predicted molar refractivity (Wildman–Crippen MR) is 70.1 cm³/mol. The molecule has 1 unspecified atom stereocenters. The van der Waals surface area contributed by atoms with Crippen LogP contribution in [0.1, 0.15) is 53.4 Å². The Balaban J connectivity index is 2.50. The second-order valence-electron chi connectivity index (χ2n) is 5.73. The van der Waals surface area contributed by atoms with E-state index in [1.807, 2.05) is 11.8 Å². The summed E-state index contributed by atoms with van der Waals surface area (Å²) in [6.07, 6.45) is 3.25. The van der Waals surface area contributed by atoms with Crippen molar-refractivity contribution in [2.24, 2.45) is 5.41 Å². The Bertz CT molecular complexity index is 312. The summed E-state index contributed by atoms with van der Waals surface area (Å²) in [5.41, 5.74) is -0.0940. The Morgan fingerprint density at radius 3 is 2.61 bits per heavy atom. The van der Waals surface area contributed by atoms with Gasteiger partial charge in [0.1, 0.15) is 6.10 Å². The van der Waals surface area contributed by atoms with E-state index in [0.717, 1.165) is 32.4 Å². The molecule has 1 atom stereocenters. The van der Waals surface area contributed by atoms with Gasteiger partial charge in [-0.15, -0.1) is 0 Å². The zero-order valence-corrected chi connectivity index (χ0v) is 12.0. The fourth-order valence-electron chi connectivity index (χ4n) is 2.52. The maximum atomic E-state index is 11.5. The first-order chi connectivity index (χ1) is 8.36. The summed E-state index contributed by atoms with van der Waals surface area (Å²) < 4.78 is 5.36. The number of amides is 1. The van der Waals surface area contributed by atoms with Gasteiger partial charge in [-0.05, 0) is 19.3 Å². The van der Waals surface area contributed by atoms with Crippen molar-refractivity contribution in [3.63, 3.8) is 0 Å². The molecule has 0 aromatic carbocycles. The van der Waals surface area contributed by atoms with Gasteiger partial charge in [-0.1, -0.05) is 20.8 Å². The van der Waals surface area contributed by atoms with Gasteiger partial charge < -0.3 is 9.64 Å². The molecule has 0 saturated carbocycles. The van der Waals surface area contributed by atoms with Gasteiger partial charge in [-0.3, -0.25) is 9.59 Å². The fraction of sp³-hybridized carbons (Fsp3) is 0.857. The van der Waals surface area contributed by atoms with Crippen molar-refractivity contribution in [1.29, 1.82) is 0 Å². The smallest absolute Gasteiger partial charge is 0.302 e. The van der Waals surface area contributed by atoms with E-state index in [-0.39, 0.29) is 23.4 Å². The third-order valence-electron chi connectivity index (χ3n) is 3.75. The molecule has 1 fully saturated rings. The highest BCUT2D eigenvalue weighted by molar-refractivity contribution is 5.78. The summed E-state index contributed by atoms with van der Waals surface area (Å²) in [5.74, 6) is 0.0264. The third-order valence-corrected chi connectivity index (χ3v) is 3.75. The molecule has 1 amide bonds. The molecule has 4 nitrogen and oxygen atoms in total. The summed E-state index contributed by atoms with van der Waals surface area (Å²) in [5, 5.41) is 0. The third kappa shape index (κ3) is 4.00.